The van der Waals surface area contributed by atoms with Crippen LogP contribution in [0.15, 0.2) is 18.2 Å². The zero-order valence-corrected chi connectivity index (χ0v) is 10.8. The van der Waals surface area contributed by atoms with Gasteiger partial charge in [-0.2, -0.15) is 0 Å². The summed E-state index contributed by atoms with van der Waals surface area (Å²) in [5.74, 6) is -0.133. The molecule has 0 radical (unpaired) electrons. The highest BCUT2D eigenvalue weighted by molar-refractivity contribution is 5.96. The highest BCUT2D eigenvalue weighted by atomic mass is 16.5. The molecule has 0 atom stereocenters. The number of aliphatic hydroxyl groups is 1. The Hall–Kier alpha value is -1.59. The number of anilines is 1. The molecule has 0 spiro atoms. The number of nitrogens with zero attached hydrogens (tertiary/aromatic N) is 1. The van der Waals surface area contributed by atoms with Gasteiger partial charge in [-0.3, -0.25) is 4.79 Å². The van der Waals surface area contributed by atoms with Crippen molar-refractivity contribution in [3.05, 3.63) is 29.3 Å². The molecule has 0 saturated heterocycles. The number of amides is 1. The average molecular weight is 252 g/mol. The van der Waals surface area contributed by atoms with Gasteiger partial charge in [0.2, 0.25) is 0 Å². The van der Waals surface area contributed by atoms with Gasteiger partial charge in [0.05, 0.1) is 13.2 Å². The van der Waals surface area contributed by atoms with Crippen LogP contribution in [0.3, 0.4) is 0 Å². The normalized spacial score (nSPS) is 10.4. The quantitative estimate of drug-likeness (QED) is 0.729. The number of rotatable bonds is 6. The number of benzene rings is 1. The second-order valence-electron chi connectivity index (χ2n) is 4.08. The first-order valence-corrected chi connectivity index (χ1v) is 5.85. The summed E-state index contributed by atoms with van der Waals surface area (Å²) < 4.78 is 4.96. The van der Waals surface area contributed by atoms with Crippen LogP contribution in [-0.2, 0) is 4.74 Å². The maximum atomic E-state index is 12.3. The molecule has 5 heteroatoms. The molecule has 0 saturated carbocycles. The van der Waals surface area contributed by atoms with E-state index in [4.69, 9.17) is 15.6 Å². The zero-order valence-electron chi connectivity index (χ0n) is 10.8. The summed E-state index contributed by atoms with van der Waals surface area (Å²) in [5, 5.41) is 9.00. The first-order chi connectivity index (χ1) is 8.60. The molecule has 0 bridgehead atoms. The number of ether oxygens (including phenoxy) is 1. The van der Waals surface area contributed by atoms with Crippen molar-refractivity contribution in [3.63, 3.8) is 0 Å². The number of nitrogens with two attached hydrogens (primary N) is 1. The summed E-state index contributed by atoms with van der Waals surface area (Å²) in [5.41, 5.74) is 7.69. The summed E-state index contributed by atoms with van der Waals surface area (Å²) in [6.45, 7) is 2.96. The highest BCUT2D eigenvalue weighted by Crippen LogP contribution is 2.15. The lowest BCUT2D eigenvalue weighted by atomic mass is 10.1. The molecular formula is C13H20N2O3. The smallest absolute Gasteiger partial charge is 0.254 e. The van der Waals surface area contributed by atoms with Crippen molar-refractivity contribution in [3.8, 4) is 0 Å². The van der Waals surface area contributed by atoms with Gasteiger partial charge in [0.1, 0.15) is 0 Å². The van der Waals surface area contributed by atoms with Gasteiger partial charge in [-0.05, 0) is 24.6 Å². The van der Waals surface area contributed by atoms with E-state index in [1.165, 1.54) is 0 Å². The van der Waals surface area contributed by atoms with Crippen molar-refractivity contribution in [2.45, 2.75) is 6.92 Å². The summed E-state index contributed by atoms with van der Waals surface area (Å²) in [7, 11) is 1.58. The number of aryl methyl sites for hydroxylation is 1. The van der Waals surface area contributed by atoms with Crippen LogP contribution in [0.2, 0.25) is 0 Å². The number of hydrogen-bond donors (Lipinski definition) is 2. The monoisotopic (exact) mass is 252 g/mol. The summed E-state index contributed by atoms with van der Waals surface area (Å²) >= 11 is 0. The number of hydrogen-bond acceptors (Lipinski definition) is 4. The molecule has 0 aliphatic rings. The lowest BCUT2D eigenvalue weighted by Gasteiger charge is -2.22. The van der Waals surface area contributed by atoms with E-state index >= 15 is 0 Å². The molecule has 5 nitrogen and oxygen atoms in total. The van der Waals surface area contributed by atoms with Gasteiger partial charge >= 0.3 is 0 Å². The molecule has 0 unspecified atom stereocenters. The van der Waals surface area contributed by atoms with Gasteiger partial charge in [0.25, 0.3) is 5.91 Å². The van der Waals surface area contributed by atoms with E-state index in [1.54, 1.807) is 24.1 Å². The molecule has 0 fully saturated rings. The Morgan fingerprint density at radius 2 is 2.17 bits per heavy atom. The Morgan fingerprint density at radius 1 is 1.44 bits per heavy atom. The average Bonchev–Trinajstić information content (AvgIpc) is 2.36. The molecule has 0 aliphatic heterocycles. The maximum Gasteiger partial charge on any atom is 0.254 e. The van der Waals surface area contributed by atoms with Crippen LogP contribution in [0.5, 0.6) is 0 Å². The van der Waals surface area contributed by atoms with Crippen molar-refractivity contribution in [1.29, 1.82) is 0 Å². The summed E-state index contributed by atoms with van der Waals surface area (Å²) in [6, 6.07) is 5.24. The fraction of sp³-hybridized carbons (Fsp3) is 0.462. The minimum absolute atomic E-state index is 0.0726. The van der Waals surface area contributed by atoms with Crippen LogP contribution in [0.25, 0.3) is 0 Å². The molecular weight excluding hydrogens is 232 g/mol. The molecule has 1 amide bonds. The van der Waals surface area contributed by atoms with Gasteiger partial charge in [-0.15, -0.1) is 0 Å². The van der Waals surface area contributed by atoms with Crippen molar-refractivity contribution in [2.75, 3.05) is 39.1 Å². The lowest BCUT2D eigenvalue weighted by molar-refractivity contribution is 0.0656. The number of carbonyl (C=O) groups is 1. The van der Waals surface area contributed by atoms with Gasteiger partial charge in [-0.25, -0.2) is 0 Å². The molecule has 0 aliphatic carbocycles. The molecule has 0 aromatic heterocycles. The number of carbonyl (C=O) groups excluding carboxylic acids is 1. The van der Waals surface area contributed by atoms with Crippen LogP contribution in [0.1, 0.15) is 15.9 Å². The van der Waals surface area contributed by atoms with Crippen LogP contribution in [0.4, 0.5) is 5.69 Å². The van der Waals surface area contributed by atoms with Gasteiger partial charge in [0.15, 0.2) is 0 Å². The Morgan fingerprint density at radius 3 is 2.78 bits per heavy atom. The molecule has 3 N–H and O–H groups in total. The van der Waals surface area contributed by atoms with E-state index in [0.29, 0.717) is 24.4 Å². The Balaban J connectivity index is 2.90. The molecule has 1 rings (SSSR count). The Labute approximate surface area is 107 Å². The third kappa shape index (κ3) is 3.72. The van der Waals surface area contributed by atoms with E-state index in [-0.39, 0.29) is 19.1 Å². The predicted molar refractivity (Wildman–Crippen MR) is 70.5 cm³/mol. The van der Waals surface area contributed by atoms with E-state index in [0.717, 1.165) is 5.56 Å². The maximum absolute atomic E-state index is 12.3. The zero-order chi connectivity index (χ0) is 13.5. The fourth-order valence-electron chi connectivity index (χ4n) is 1.68. The van der Waals surface area contributed by atoms with Crippen molar-refractivity contribution >= 4 is 11.6 Å². The Kier molecular flexibility index (Phi) is 5.61. The largest absolute Gasteiger partial charge is 0.399 e. The van der Waals surface area contributed by atoms with Crippen molar-refractivity contribution in [2.24, 2.45) is 0 Å². The van der Waals surface area contributed by atoms with Crippen LogP contribution >= 0.6 is 0 Å². The van der Waals surface area contributed by atoms with Crippen LogP contribution in [-0.4, -0.2) is 49.3 Å². The van der Waals surface area contributed by atoms with Crippen LogP contribution < -0.4 is 5.73 Å². The van der Waals surface area contributed by atoms with Crippen molar-refractivity contribution in [1.82, 2.24) is 4.90 Å². The molecule has 0 heterocycles. The van der Waals surface area contributed by atoms with E-state index in [1.807, 2.05) is 13.0 Å². The summed E-state index contributed by atoms with van der Waals surface area (Å²) in [6.07, 6.45) is 0. The molecule has 100 valence electrons. The first kappa shape index (κ1) is 14.5. The minimum Gasteiger partial charge on any atom is -0.399 e. The topological polar surface area (TPSA) is 75.8 Å². The van der Waals surface area contributed by atoms with E-state index in [2.05, 4.69) is 0 Å². The van der Waals surface area contributed by atoms with E-state index in [9.17, 15) is 4.79 Å². The number of aliphatic hydroxyl groups excluding tert-OH is 1. The highest BCUT2D eigenvalue weighted by Gasteiger charge is 2.17. The standard InChI is InChI=1S/C13H20N2O3/c1-10-3-4-11(14)9-12(10)13(17)15(5-7-16)6-8-18-2/h3-4,9,16H,5-8,14H2,1-2H3. The predicted octanol–water partition coefficient (Wildman–Crippen LogP) is 0.658. The van der Waals surface area contributed by atoms with Crippen molar-refractivity contribution < 1.29 is 14.6 Å². The first-order valence-electron chi connectivity index (χ1n) is 5.85. The number of nitrogen functional groups attached to an aromatic ring is 1. The van der Waals surface area contributed by atoms with Gasteiger partial charge in [-0.1, -0.05) is 6.07 Å². The third-order valence-electron chi connectivity index (χ3n) is 2.71. The molecule has 1 aromatic carbocycles. The van der Waals surface area contributed by atoms with Gasteiger partial charge < -0.3 is 20.5 Å². The third-order valence-corrected chi connectivity index (χ3v) is 2.71. The second kappa shape index (κ2) is 6.98. The van der Waals surface area contributed by atoms with Crippen LogP contribution in [0, 0.1) is 6.92 Å². The fourth-order valence-corrected chi connectivity index (χ4v) is 1.68. The van der Waals surface area contributed by atoms with Gasteiger partial charge in [0, 0.05) is 31.5 Å². The molecule has 1 aromatic rings. The second-order valence-corrected chi connectivity index (χ2v) is 4.08. The minimum atomic E-state index is -0.133. The Bertz CT molecular complexity index is 407. The number of methoxy groups -OCH3 is 1. The summed E-state index contributed by atoms with van der Waals surface area (Å²) in [4.78, 5) is 13.9. The molecule has 18 heavy (non-hydrogen) atoms. The SMILES string of the molecule is COCCN(CCO)C(=O)c1cc(N)ccc1C. The lowest BCUT2D eigenvalue weighted by Crippen LogP contribution is -2.36. The van der Waals surface area contributed by atoms with E-state index < -0.39 is 0 Å².